The number of halogens is 3. The fraction of sp³-hybridized carbons (Fsp3) is 0.214. The number of benzene rings is 1. The molecular formula is C14H12F3N3O2S. The molecular weight excluding hydrogens is 331 g/mol. The lowest BCUT2D eigenvalue weighted by Crippen LogP contribution is -2.18. The number of aromatic amines is 1. The summed E-state index contributed by atoms with van der Waals surface area (Å²) in [6.07, 6.45) is -4.55. The Kier molecular flexibility index (Phi) is 5.09. The molecule has 0 radical (unpaired) electrons. The molecule has 23 heavy (non-hydrogen) atoms. The molecule has 5 nitrogen and oxygen atoms in total. The number of rotatable bonds is 4. The number of alkyl halides is 3. The Hall–Kier alpha value is -2.29. The van der Waals surface area contributed by atoms with Crippen molar-refractivity contribution in [2.75, 3.05) is 11.1 Å². The van der Waals surface area contributed by atoms with Crippen molar-refractivity contribution < 1.29 is 18.0 Å². The van der Waals surface area contributed by atoms with Crippen molar-refractivity contribution in [1.82, 2.24) is 9.97 Å². The first-order chi connectivity index (χ1) is 10.8. The van der Waals surface area contributed by atoms with Crippen LogP contribution in [0, 0.1) is 6.92 Å². The summed E-state index contributed by atoms with van der Waals surface area (Å²) in [5.74, 6) is -0.784. The molecule has 0 aliphatic heterocycles. The van der Waals surface area contributed by atoms with Gasteiger partial charge in [0.15, 0.2) is 0 Å². The van der Waals surface area contributed by atoms with E-state index in [9.17, 15) is 22.8 Å². The van der Waals surface area contributed by atoms with Crippen molar-refractivity contribution in [3.05, 3.63) is 52.1 Å². The lowest BCUT2D eigenvalue weighted by Gasteiger charge is -2.13. The third kappa shape index (κ3) is 4.85. The fourth-order valence-electron chi connectivity index (χ4n) is 1.79. The third-order valence-electron chi connectivity index (χ3n) is 2.71. The van der Waals surface area contributed by atoms with Crippen molar-refractivity contribution >= 4 is 23.4 Å². The van der Waals surface area contributed by atoms with Gasteiger partial charge < -0.3 is 10.3 Å². The molecule has 0 atom stereocenters. The number of hydrogen-bond donors (Lipinski definition) is 2. The summed E-state index contributed by atoms with van der Waals surface area (Å²) in [6, 6.07) is 6.30. The first-order valence-corrected chi connectivity index (χ1v) is 7.41. The van der Waals surface area contributed by atoms with Gasteiger partial charge in [0, 0.05) is 5.69 Å². The van der Waals surface area contributed by atoms with Crippen LogP contribution in [0.4, 0.5) is 18.9 Å². The molecule has 0 aliphatic rings. The summed E-state index contributed by atoms with van der Waals surface area (Å²) in [7, 11) is 0. The molecule has 1 aromatic carbocycles. The zero-order valence-electron chi connectivity index (χ0n) is 11.9. The number of amides is 1. The molecule has 1 aromatic heterocycles. The van der Waals surface area contributed by atoms with Gasteiger partial charge in [0.2, 0.25) is 5.91 Å². The number of thioether (sulfide) groups is 1. The Morgan fingerprint density at radius 2 is 2.04 bits per heavy atom. The van der Waals surface area contributed by atoms with E-state index < -0.39 is 23.3 Å². The molecule has 0 unspecified atom stereocenters. The first-order valence-electron chi connectivity index (χ1n) is 6.42. The molecule has 0 bridgehead atoms. The van der Waals surface area contributed by atoms with Gasteiger partial charge in [-0.25, -0.2) is 4.79 Å². The average molecular weight is 343 g/mol. The van der Waals surface area contributed by atoms with Crippen LogP contribution >= 0.6 is 11.8 Å². The van der Waals surface area contributed by atoms with Crippen molar-refractivity contribution in [3.63, 3.8) is 0 Å². The highest BCUT2D eigenvalue weighted by atomic mass is 32.2. The average Bonchev–Trinajstić information content (AvgIpc) is 2.43. The Morgan fingerprint density at radius 1 is 1.35 bits per heavy atom. The van der Waals surface area contributed by atoms with E-state index in [0.717, 1.165) is 17.8 Å². The van der Waals surface area contributed by atoms with Crippen LogP contribution in [0.1, 0.15) is 11.3 Å². The van der Waals surface area contributed by atoms with E-state index in [1.54, 1.807) is 13.0 Å². The number of aromatic nitrogens is 2. The minimum Gasteiger partial charge on any atom is -0.325 e. The maximum Gasteiger partial charge on any atom is 0.418 e. The van der Waals surface area contributed by atoms with E-state index in [1.165, 1.54) is 18.2 Å². The molecule has 2 N–H and O–H groups in total. The number of para-hydroxylation sites is 1. The van der Waals surface area contributed by atoms with Gasteiger partial charge in [-0.3, -0.25) is 4.79 Å². The van der Waals surface area contributed by atoms with E-state index in [1.807, 2.05) is 0 Å². The first kappa shape index (κ1) is 17.1. The monoisotopic (exact) mass is 343 g/mol. The van der Waals surface area contributed by atoms with Crippen LogP contribution in [0.25, 0.3) is 0 Å². The normalized spacial score (nSPS) is 11.3. The zero-order valence-corrected chi connectivity index (χ0v) is 12.7. The molecule has 122 valence electrons. The van der Waals surface area contributed by atoms with E-state index in [0.29, 0.717) is 10.7 Å². The second-order valence-electron chi connectivity index (χ2n) is 4.59. The van der Waals surface area contributed by atoms with Crippen LogP contribution in [-0.4, -0.2) is 21.6 Å². The molecule has 0 saturated carbocycles. The summed E-state index contributed by atoms with van der Waals surface area (Å²) < 4.78 is 38.5. The largest absolute Gasteiger partial charge is 0.418 e. The van der Waals surface area contributed by atoms with Gasteiger partial charge in [-0.1, -0.05) is 23.9 Å². The van der Waals surface area contributed by atoms with E-state index in [4.69, 9.17) is 0 Å². The number of nitrogens with zero attached hydrogens (tertiary/aromatic N) is 1. The fourth-order valence-corrected chi connectivity index (χ4v) is 2.55. The summed E-state index contributed by atoms with van der Waals surface area (Å²) in [5.41, 5.74) is -1.19. The highest BCUT2D eigenvalue weighted by Gasteiger charge is 2.33. The lowest BCUT2D eigenvalue weighted by atomic mass is 10.1. The van der Waals surface area contributed by atoms with Crippen molar-refractivity contribution in [2.24, 2.45) is 0 Å². The third-order valence-corrected chi connectivity index (χ3v) is 3.62. The van der Waals surface area contributed by atoms with E-state index in [-0.39, 0.29) is 11.4 Å². The molecule has 9 heteroatoms. The SMILES string of the molecule is Cc1cc(SCC(=O)Nc2ccccc2C(F)(F)F)nc(=O)[nH]1. The molecule has 1 amide bonds. The molecule has 2 aromatic rings. The highest BCUT2D eigenvalue weighted by molar-refractivity contribution is 7.99. The number of H-pyrrole nitrogens is 1. The summed E-state index contributed by atoms with van der Waals surface area (Å²) in [5, 5.41) is 2.55. The predicted molar refractivity (Wildman–Crippen MR) is 80.4 cm³/mol. The number of aryl methyl sites for hydroxylation is 1. The molecule has 0 aliphatic carbocycles. The standard InChI is InChI=1S/C14H12F3N3O2S/c1-8-6-12(20-13(22)18-8)23-7-11(21)19-10-5-3-2-4-9(10)14(15,16)17/h2-6H,7H2,1H3,(H,19,21)(H,18,20,22). The maximum absolute atomic E-state index is 12.8. The van der Waals surface area contributed by atoms with Gasteiger partial charge in [0.25, 0.3) is 0 Å². The molecule has 0 saturated heterocycles. The van der Waals surface area contributed by atoms with Gasteiger partial charge >= 0.3 is 11.9 Å². The Balaban J connectivity index is 2.05. The second-order valence-corrected chi connectivity index (χ2v) is 5.58. The van der Waals surface area contributed by atoms with Crippen LogP contribution in [0.15, 0.2) is 40.2 Å². The van der Waals surface area contributed by atoms with Crippen molar-refractivity contribution in [3.8, 4) is 0 Å². The Labute approximate surface area is 133 Å². The topological polar surface area (TPSA) is 74.8 Å². The zero-order chi connectivity index (χ0) is 17.0. The van der Waals surface area contributed by atoms with Gasteiger partial charge in [-0.05, 0) is 25.1 Å². The van der Waals surface area contributed by atoms with Crippen LogP contribution in [0.3, 0.4) is 0 Å². The minimum absolute atomic E-state index is 0.165. The van der Waals surface area contributed by atoms with Crippen LogP contribution in [0.5, 0.6) is 0 Å². The quantitative estimate of drug-likeness (QED) is 0.661. The van der Waals surface area contributed by atoms with Gasteiger partial charge in [-0.15, -0.1) is 0 Å². The highest BCUT2D eigenvalue weighted by Crippen LogP contribution is 2.34. The van der Waals surface area contributed by atoms with Crippen LogP contribution in [-0.2, 0) is 11.0 Å². The van der Waals surface area contributed by atoms with Crippen LogP contribution in [0.2, 0.25) is 0 Å². The van der Waals surface area contributed by atoms with Gasteiger partial charge in [0.05, 0.1) is 17.0 Å². The summed E-state index contributed by atoms with van der Waals surface area (Å²) >= 11 is 0.965. The maximum atomic E-state index is 12.8. The number of nitrogens with one attached hydrogen (secondary N) is 2. The second kappa shape index (κ2) is 6.86. The number of carbonyl (C=O) groups is 1. The Morgan fingerprint density at radius 3 is 2.70 bits per heavy atom. The smallest absolute Gasteiger partial charge is 0.325 e. The molecule has 0 fully saturated rings. The Bertz CT molecular complexity index is 774. The number of anilines is 1. The van der Waals surface area contributed by atoms with Crippen molar-refractivity contribution in [1.29, 1.82) is 0 Å². The minimum atomic E-state index is -4.55. The summed E-state index contributed by atoms with van der Waals surface area (Å²) in [6.45, 7) is 1.66. The van der Waals surface area contributed by atoms with Crippen LogP contribution < -0.4 is 11.0 Å². The van der Waals surface area contributed by atoms with E-state index >= 15 is 0 Å². The molecule has 0 spiro atoms. The summed E-state index contributed by atoms with van der Waals surface area (Å²) in [4.78, 5) is 29.1. The van der Waals surface area contributed by atoms with Gasteiger partial charge in [-0.2, -0.15) is 18.2 Å². The van der Waals surface area contributed by atoms with Crippen molar-refractivity contribution in [2.45, 2.75) is 18.1 Å². The molecule has 2 rings (SSSR count). The molecule has 1 heterocycles. The number of carbonyl (C=O) groups excluding carboxylic acids is 1. The predicted octanol–water partition coefficient (Wildman–Crippen LogP) is 2.83. The lowest BCUT2D eigenvalue weighted by molar-refractivity contribution is -0.137. The van der Waals surface area contributed by atoms with Gasteiger partial charge in [0.1, 0.15) is 5.03 Å². The van der Waals surface area contributed by atoms with E-state index in [2.05, 4.69) is 15.3 Å². The number of hydrogen-bond acceptors (Lipinski definition) is 4.